The van der Waals surface area contributed by atoms with Crippen LogP contribution in [0.5, 0.6) is 0 Å². The number of hydrogen-bond acceptors (Lipinski definition) is 5. The zero-order chi connectivity index (χ0) is 14.8. The van der Waals surface area contributed by atoms with Gasteiger partial charge in [-0.25, -0.2) is 15.0 Å². The standard InChI is InChI=1S/C16H23N5/c1-4-21-7-5-6-13(21)9-17-15-14-11(2)8-12(3)20-16(14)19-10-18-15/h8,10,13H,4-7,9H2,1-3H3,(H,17,18,19,20)/t13-/m0/s1. The molecule has 5 heteroatoms. The number of anilines is 1. The maximum absolute atomic E-state index is 4.51. The Morgan fingerprint density at radius 1 is 1.33 bits per heavy atom. The van der Waals surface area contributed by atoms with Gasteiger partial charge < -0.3 is 5.32 Å². The maximum Gasteiger partial charge on any atom is 0.165 e. The predicted molar refractivity (Wildman–Crippen MR) is 85.6 cm³/mol. The summed E-state index contributed by atoms with van der Waals surface area (Å²) < 4.78 is 0. The Morgan fingerprint density at radius 2 is 2.19 bits per heavy atom. The third-order valence-corrected chi connectivity index (χ3v) is 4.34. The number of pyridine rings is 1. The highest BCUT2D eigenvalue weighted by atomic mass is 15.2. The molecule has 1 saturated heterocycles. The van der Waals surface area contributed by atoms with Crippen molar-refractivity contribution in [2.45, 2.75) is 39.7 Å². The average molecular weight is 285 g/mol. The average Bonchev–Trinajstić information content (AvgIpc) is 2.91. The number of likely N-dealkylation sites (N-methyl/N-ethyl adjacent to an activating group) is 1. The van der Waals surface area contributed by atoms with Crippen LogP contribution in [0.2, 0.25) is 0 Å². The molecule has 0 unspecified atom stereocenters. The van der Waals surface area contributed by atoms with Crippen LogP contribution in [0.1, 0.15) is 31.0 Å². The van der Waals surface area contributed by atoms with Crippen LogP contribution in [0.4, 0.5) is 5.82 Å². The van der Waals surface area contributed by atoms with Crippen molar-refractivity contribution in [2.24, 2.45) is 0 Å². The first-order valence-corrected chi connectivity index (χ1v) is 7.76. The van der Waals surface area contributed by atoms with Crippen LogP contribution in [-0.2, 0) is 0 Å². The summed E-state index contributed by atoms with van der Waals surface area (Å²) in [7, 11) is 0. The number of aromatic nitrogens is 3. The van der Waals surface area contributed by atoms with Gasteiger partial charge >= 0.3 is 0 Å². The zero-order valence-corrected chi connectivity index (χ0v) is 13.1. The molecule has 1 fully saturated rings. The smallest absolute Gasteiger partial charge is 0.165 e. The van der Waals surface area contributed by atoms with Crippen LogP contribution in [-0.4, -0.2) is 45.5 Å². The zero-order valence-electron chi connectivity index (χ0n) is 13.1. The first-order chi connectivity index (χ1) is 10.2. The van der Waals surface area contributed by atoms with E-state index in [0.29, 0.717) is 6.04 Å². The highest BCUT2D eigenvalue weighted by molar-refractivity contribution is 5.89. The van der Waals surface area contributed by atoms with E-state index in [1.54, 1.807) is 6.33 Å². The minimum Gasteiger partial charge on any atom is -0.368 e. The molecule has 0 bridgehead atoms. The molecular weight excluding hydrogens is 262 g/mol. The summed E-state index contributed by atoms with van der Waals surface area (Å²) in [5.74, 6) is 0.910. The lowest BCUT2D eigenvalue weighted by atomic mass is 10.1. The lowest BCUT2D eigenvalue weighted by molar-refractivity contribution is 0.277. The van der Waals surface area contributed by atoms with E-state index in [0.717, 1.165) is 35.6 Å². The topological polar surface area (TPSA) is 53.9 Å². The summed E-state index contributed by atoms with van der Waals surface area (Å²) in [6.07, 6.45) is 4.16. The summed E-state index contributed by atoms with van der Waals surface area (Å²) in [6, 6.07) is 2.70. The van der Waals surface area contributed by atoms with E-state index in [9.17, 15) is 0 Å². The van der Waals surface area contributed by atoms with E-state index in [2.05, 4.69) is 45.1 Å². The quantitative estimate of drug-likeness (QED) is 0.935. The van der Waals surface area contributed by atoms with Gasteiger partial charge in [-0.1, -0.05) is 6.92 Å². The normalized spacial score (nSPS) is 19.3. The molecule has 0 radical (unpaired) electrons. The largest absolute Gasteiger partial charge is 0.368 e. The molecule has 0 amide bonds. The number of nitrogens with zero attached hydrogens (tertiary/aromatic N) is 4. The van der Waals surface area contributed by atoms with Gasteiger partial charge in [-0.05, 0) is 51.4 Å². The third-order valence-electron chi connectivity index (χ3n) is 4.34. The maximum atomic E-state index is 4.51. The van der Waals surface area contributed by atoms with Crippen molar-refractivity contribution in [1.29, 1.82) is 0 Å². The van der Waals surface area contributed by atoms with E-state index in [1.165, 1.54) is 24.9 Å². The van der Waals surface area contributed by atoms with Gasteiger partial charge in [-0.15, -0.1) is 0 Å². The molecule has 0 aliphatic carbocycles. The molecular formula is C16H23N5. The van der Waals surface area contributed by atoms with Gasteiger partial charge in [0.05, 0.1) is 5.39 Å². The molecule has 1 atom stereocenters. The Labute approximate surface area is 125 Å². The molecule has 0 saturated carbocycles. The number of nitrogens with one attached hydrogen (secondary N) is 1. The van der Waals surface area contributed by atoms with Crippen molar-refractivity contribution in [3.05, 3.63) is 23.7 Å². The van der Waals surface area contributed by atoms with Crippen LogP contribution in [0.3, 0.4) is 0 Å². The van der Waals surface area contributed by atoms with Gasteiger partial charge in [-0.2, -0.15) is 0 Å². The van der Waals surface area contributed by atoms with Crippen molar-refractivity contribution >= 4 is 16.9 Å². The minimum atomic E-state index is 0.610. The Morgan fingerprint density at radius 3 is 3.00 bits per heavy atom. The Bertz CT molecular complexity index is 640. The highest BCUT2D eigenvalue weighted by Gasteiger charge is 2.23. The highest BCUT2D eigenvalue weighted by Crippen LogP contribution is 2.23. The lowest BCUT2D eigenvalue weighted by Gasteiger charge is -2.23. The second-order valence-electron chi connectivity index (χ2n) is 5.81. The van der Waals surface area contributed by atoms with Crippen LogP contribution >= 0.6 is 0 Å². The van der Waals surface area contributed by atoms with Crippen LogP contribution in [0.25, 0.3) is 11.0 Å². The molecule has 1 aliphatic heterocycles. The van der Waals surface area contributed by atoms with Gasteiger partial charge in [0.1, 0.15) is 12.1 Å². The first-order valence-electron chi connectivity index (χ1n) is 7.76. The van der Waals surface area contributed by atoms with Gasteiger partial charge in [0, 0.05) is 18.3 Å². The summed E-state index contributed by atoms with van der Waals surface area (Å²) in [4.78, 5) is 15.8. The molecule has 2 aromatic heterocycles. The summed E-state index contributed by atoms with van der Waals surface area (Å²) in [5, 5.41) is 4.57. The van der Waals surface area contributed by atoms with E-state index >= 15 is 0 Å². The lowest BCUT2D eigenvalue weighted by Crippen LogP contribution is -2.34. The van der Waals surface area contributed by atoms with E-state index in [4.69, 9.17) is 0 Å². The first kappa shape index (κ1) is 14.2. The summed E-state index contributed by atoms with van der Waals surface area (Å²) in [6.45, 7) is 9.60. The molecule has 5 nitrogen and oxygen atoms in total. The van der Waals surface area contributed by atoms with Crippen LogP contribution in [0.15, 0.2) is 12.4 Å². The molecule has 21 heavy (non-hydrogen) atoms. The predicted octanol–water partition coefficient (Wildman–Crippen LogP) is 2.54. The van der Waals surface area contributed by atoms with E-state index in [-0.39, 0.29) is 0 Å². The van der Waals surface area contributed by atoms with Crippen molar-refractivity contribution < 1.29 is 0 Å². The van der Waals surface area contributed by atoms with Crippen molar-refractivity contribution in [2.75, 3.05) is 25.0 Å². The fraction of sp³-hybridized carbons (Fsp3) is 0.562. The van der Waals surface area contributed by atoms with E-state index in [1.807, 2.05) is 6.92 Å². The second kappa shape index (κ2) is 5.93. The summed E-state index contributed by atoms with van der Waals surface area (Å²) in [5.41, 5.74) is 2.96. The van der Waals surface area contributed by atoms with Crippen LogP contribution in [0, 0.1) is 13.8 Å². The molecule has 1 aliphatic rings. The second-order valence-corrected chi connectivity index (χ2v) is 5.81. The number of rotatable bonds is 4. The minimum absolute atomic E-state index is 0.610. The monoisotopic (exact) mass is 285 g/mol. The van der Waals surface area contributed by atoms with Crippen molar-refractivity contribution in [3.8, 4) is 0 Å². The van der Waals surface area contributed by atoms with Gasteiger partial charge in [0.25, 0.3) is 0 Å². The van der Waals surface area contributed by atoms with Gasteiger partial charge in [0.15, 0.2) is 5.65 Å². The molecule has 3 heterocycles. The summed E-state index contributed by atoms with van der Waals surface area (Å²) >= 11 is 0. The third kappa shape index (κ3) is 2.83. The molecule has 2 aromatic rings. The van der Waals surface area contributed by atoms with Crippen molar-refractivity contribution in [1.82, 2.24) is 19.9 Å². The number of likely N-dealkylation sites (tertiary alicyclic amines) is 1. The Hall–Kier alpha value is -1.75. The SMILES string of the molecule is CCN1CCC[C@H]1CNc1ncnc2nc(C)cc(C)c12. The molecule has 1 N–H and O–H groups in total. The fourth-order valence-corrected chi connectivity index (χ4v) is 3.30. The molecule has 0 aromatic carbocycles. The van der Waals surface area contributed by atoms with E-state index < -0.39 is 0 Å². The number of hydrogen-bond donors (Lipinski definition) is 1. The Balaban J connectivity index is 1.84. The molecule has 112 valence electrons. The Kier molecular flexibility index (Phi) is 4.01. The van der Waals surface area contributed by atoms with Crippen molar-refractivity contribution in [3.63, 3.8) is 0 Å². The molecule has 0 spiro atoms. The van der Waals surface area contributed by atoms with Gasteiger partial charge in [-0.3, -0.25) is 4.90 Å². The van der Waals surface area contributed by atoms with Gasteiger partial charge in [0.2, 0.25) is 0 Å². The van der Waals surface area contributed by atoms with Crippen LogP contribution < -0.4 is 5.32 Å². The molecule has 3 rings (SSSR count). The fourth-order valence-electron chi connectivity index (χ4n) is 3.30. The number of fused-ring (bicyclic) bond motifs is 1. The number of aryl methyl sites for hydroxylation is 2.